The summed E-state index contributed by atoms with van der Waals surface area (Å²) in [5.41, 5.74) is -0.641. The summed E-state index contributed by atoms with van der Waals surface area (Å²) in [6.07, 6.45) is 0.646. The highest BCUT2D eigenvalue weighted by Crippen LogP contribution is 2.27. The average Bonchev–Trinajstić information content (AvgIpc) is 3.16. The fraction of sp³-hybridized carbons (Fsp3) is 0.357. The number of amides is 1. The van der Waals surface area contributed by atoms with E-state index in [0.29, 0.717) is 0 Å². The summed E-state index contributed by atoms with van der Waals surface area (Å²) >= 11 is 0. The molecule has 0 unspecified atom stereocenters. The van der Waals surface area contributed by atoms with Crippen molar-refractivity contribution in [1.29, 1.82) is 0 Å². The highest BCUT2D eigenvalue weighted by atomic mass is 16.5. The molecule has 1 amide bonds. The number of nitrogens with zero attached hydrogens (tertiary/aromatic N) is 2. The number of aromatic nitrogens is 2. The van der Waals surface area contributed by atoms with E-state index in [1.165, 1.54) is 29.2 Å². The van der Waals surface area contributed by atoms with E-state index in [1.54, 1.807) is 6.07 Å². The summed E-state index contributed by atoms with van der Waals surface area (Å²) in [6.45, 7) is -0.336. The van der Waals surface area contributed by atoms with Gasteiger partial charge in [-0.25, -0.2) is 4.79 Å². The molecule has 9 heteroatoms. The van der Waals surface area contributed by atoms with Crippen LogP contribution in [0.1, 0.15) is 23.2 Å². The lowest BCUT2D eigenvalue weighted by Crippen LogP contribution is -2.28. The van der Waals surface area contributed by atoms with Crippen molar-refractivity contribution in [1.82, 2.24) is 9.55 Å². The van der Waals surface area contributed by atoms with Crippen LogP contribution in [0.3, 0.4) is 0 Å². The molecule has 23 heavy (non-hydrogen) atoms. The maximum Gasteiger partial charge on any atom is 0.351 e. The van der Waals surface area contributed by atoms with Gasteiger partial charge in [0.2, 0.25) is 0 Å². The standard InChI is InChI=1S/C14H15N3O6/c18-7-10-8(19)6-12(23-10)17-4-3-11(16-14(17)21)15-13(20)9-2-1-5-22-9/h1-5,8,10,12,18-19H,6-7H2,(H,15,16,20,21)/t8-,10+,12+/m0/s1. The summed E-state index contributed by atoms with van der Waals surface area (Å²) < 4.78 is 11.5. The van der Waals surface area contributed by atoms with E-state index >= 15 is 0 Å². The van der Waals surface area contributed by atoms with E-state index in [-0.39, 0.29) is 24.6 Å². The van der Waals surface area contributed by atoms with Crippen molar-refractivity contribution in [2.24, 2.45) is 0 Å². The molecule has 3 rings (SSSR count). The molecule has 2 aromatic heterocycles. The fourth-order valence-corrected chi connectivity index (χ4v) is 2.34. The number of hydrogen-bond acceptors (Lipinski definition) is 7. The molecule has 0 bridgehead atoms. The molecule has 1 saturated heterocycles. The Morgan fingerprint density at radius 2 is 2.30 bits per heavy atom. The molecule has 9 nitrogen and oxygen atoms in total. The molecule has 1 fully saturated rings. The van der Waals surface area contributed by atoms with Crippen LogP contribution in [-0.4, -0.2) is 44.5 Å². The van der Waals surface area contributed by atoms with E-state index in [2.05, 4.69) is 10.3 Å². The topological polar surface area (TPSA) is 127 Å². The SMILES string of the molecule is O=C(Nc1ccn([C@H]2C[C@H](O)[C@@H](CO)O2)c(=O)n1)c1ccco1. The van der Waals surface area contributed by atoms with Gasteiger partial charge in [-0.3, -0.25) is 9.36 Å². The summed E-state index contributed by atoms with van der Waals surface area (Å²) in [5.74, 6) is -0.346. The normalized spacial score (nSPS) is 23.8. The molecule has 3 N–H and O–H groups in total. The van der Waals surface area contributed by atoms with E-state index in [1.807, 2.05) is 0 Å². The van der Waals surface area contributed by atoms with Crippen LogP contribution in [0.2, 0.25) is 0 Å². The molecule has 0 radical (unpaired) electrons. The van der Waals surface area contributed by atoms with Gasteiger partial charge >= 0.3 is 5.69 Å². The maximum atomic E-state index is 12.0. The number of aliphatic hydroxyl groups excluding tert-OH is 2. The molecule has 1 aliphatic rings. The van der Waals surface area contributed by atoms with Crippen LogP contribution >= 0.6 is 0 Å². The predicted molar refractivity (Wildman–Crippen MR) is 76.8 cm³/mol. The second-order valence-electron chi connectivity index (χ2n) is 5.05. The van der Waals surface area contributed by atoms with Crippen LogP contribution in [-0.2, 0) is 4.74 Å². The minimum atomic E-state index is -0.852. The monoisotopic (exact) mass is 321 g/mol. The molecular formula is C14H15N3O6. The van der Waals surface area contributed by atoms with E-state index in [4.69, 9.17) is 14.3 Å². The lowest BCUT2D eigenvalue weighted by molar-refractivity contribution is -0.0458. The molecule has 0 aromatic carbocycles. The van der Waals surface area contributed by atoms with Crippen molar-refractivity contribution >= 4 is 11.7 Å². The van der Waals surface area contributed by atoms with Gasteiger partial charge in [0, 0.05) is 12.6 Å². The van der Waals surface area contributed by atoms with Crippen LogP contribution in [0.15, 0.2) is 39.9 Å². The molecule has 122 valence electrons. The van der Waals surface area contributed by atoms with E-state index in [9.17, 15) is 14.7 Å². The lowest BCUT2D eigenvalue weighted by atomic mass is 10.2. The third kappa shape index (κ3) is 3.16. The number of hydrogen-bond donors (Lipinski definition) is 3. The summed E-state index contributed by atoms with van der Waals surface area (Å²) in [4.78, 5) is 27.6. The Bertz CT molecular complexity index is 741. The van der Waals surface area contributed by atoms with Gasteiger partial charge in [-0.1, -0.05) is 0 Å². The van der Waals surface area contributed by atoms with Gasteiger partial charge < -0.3 is 24.7 Å². The molecular weight excluding hydrogens is 306 g/mol. The van der Waals surface area contributed by atoms with Crippen molar-refractivity contribution < 1.29 is 24.2 Å². The third-order valence-corrected chi connectivity index (χ3v) is 3.51. The molecule has 3 heterocycles. The largest absolute Gasteiger partial charge is 0.459 e. The quantitative estimate of drug-likeness (QED) is 0.707. The average molecular weight is 321 g/mol. The lowest BCUT2D eigenvalue weighted by Gasteiger charge is -2.14. The number of rotatable bonds is 4. The number of carbonyl (C=O) groups excluding carboxylic acids is 1. The van der Waals surface area contributed by atoms with E-state index in [0.717, 1.165) is 0 Å². The first kappa shape index (κ1) is 15.4. The Morgan fingerprint density at radius 1 is 1.48 bits per heavy atom. The van der Waals surface area contributed by atoms with Gasteiger partial charge in [0.25, 0.3) is 5.91 Å². The minimum Gasteiger partial charge on any atom is -0.459 e. The van der Waals surface area contributed by atoms with Crippen LogP contribution in [0.5, 0.6) is 0 Å². The number of carbonyl (C=O) groups is 1. The Hall–Kier alpha value is -2.49. The van der Waals surface area contributed by atoms with Crippen LogP contribution in [0.4, 0.5) is 5.82 Å². The van der Waals surface area contributed by atoms with Crippen LogP contribution in [0.25, 0.3) is 0 Å². The number of ether oxygens (including phenoxy) is 1. The van der Waals surface area contributed by atoms with Gasteiger partial charge in [0.1, 0.15) is 18.1 Å². The molecule has 3 atom stereocenters. The summed E-state index contributed by atoms with van der Waals surface area (Å²) in [7, 11) is 0. The van der Waals surface area contributed by atoms with Gasteiger partial charge in [-0.15, -0.1) is 0 Å². The molecule has 0 saturated carbocycles. The number of anilines is 1. The zero-order valence-corrected chi connectivity index (χ0v) is 12.0. The number of furan rings is 1. The Balaban J connectivity index is 1.74. The molecule has 0 aliphatic carbocycles. The fourth-order valence-electron chi connectivity index (χ4n) is 2.34. The van der Waals surface area contributed by atoms with Crippen molar-refractivity contribution in [3.05, 3.63) is 46.9 Å². The van der Waals surface area contributed by atoms with Crippen molar-refractivity contribution in [3.63, 3.8) is 0 Å². The van der Waals surface area contributed by atoms with Crippen molar-refractivity contribution in [3.8, 4) is 0 Å². The Labute approximate surface area is 130 Å². The predicted octanol–water partition coefficient (Wildman–Crippen LogP) is -0.271. The molecule has 1 aliphatic heterocycles. The Morgan fingerprint density at radius 3 is 2.91 bits per heavy atom. The van der Waals surface area contributed by atoms with Crippen molar-refractivity contribution in [2.45, 2.75) is 24.9 Å². The van der Waals surface area contributed by atoms with E-state index < -0.39 is 30.0 Å². The smallest absolute Gasteiger partial charge is 0.351 e. The number of aliphatic hydroxyl groups is 2. The highest BCUT2D eigenvalue weighted by molar-refractivity contribution is 6.01. The second kappa shape index (κ2) is 6.32. The van der Waals surface area contributed by atoms with Gasteiger partial charge in [0.15, 0.2) is 5.76 Å². The van der Waals surface area contributed by atoms with Crippen LogP contribution < -0.4 is 11.0 Å². The molecule has 0 spiro atoms. The van der Waals surface area contributed by atoms with Gasteiger partial charge in [-0.05, 0) is 18.2 Å². The van der Waals surface area contributed by atoms with Crippen LogP contribution in [0, 0.1) is 0 Å². The minimum absolute atomic E-state index is 0.0740. The summed E-state index contributed by atoms with van der Waals surface area (Å²) in [6, 6.07) is 4.49. The first-order valence-electron chi connectivity index (χ1n) is 6.97. The van der Waals surface area contributed by atoms with Crippen molar-refractivity contribution in [2.75, 3.05) is 11.9 Å². The zero-order valence-electron chi connectivity index (χ0n) is 12.0. The highest BCUT2D eigenvalue weighted by Gasteiger charge is 2.34. The zero-order chi connectivity index (χ0) is 16.4. The molecule has 2 aromatic rings. The van der Waals surface area contributed by atoms with Gasteiger partial charge in [-0.2, -0.15) is 4.98 Å². The number of nitrogens with one attached hydrogen (secondary N) is 1. The second-order valence-corrected chi connectivity index (χ2v) is 5.05. The first-order valence-corrected chi connectivity index (χ1v) is 6.97. The Kier molecular flexibility index (Phi) is 4.24. The summed E-state index contributed by atoms with van der Waals surface area (Å²) in [5, 5.41) is 21.2. The first-order chi connectivity index (χ1) is 11.1. The maximum absolute atomic E-state index is 12.0. The van der Waals surface area contributed by atoms with Gasteiger partial charge in [0.05, 0.1) is 19.0 Å². The third-order valence-electron chi connectivity index (χ3n) is 3.51.